The zero-order valence-corrected chi connectivity index (χ0v) is 10.2. The number of nitrogens with zero attached hydrogens (tertiary/aromatic N) is 2. The van der Waals surface area contributed by atoms with Gasteiger partial charge in [-0.15, -0.1) is 0 Å². The fourth-order valence-electron chi connectivity index (χ4n) is 2.08. The summed E-state index contributed by atoms with van der Waals surface area (Å²) in [6.45, 7) is -0.635. The van der Waals surface area contributed by atoms with Gasteiger partial charge in [-0.1, -0.05) is 12.1 Å². The van der Waals surface area contributed by atoms with Gasteiger partial charge in [-0.2, -0.15) is 13.2 Å². The summed E-state index contributed by atoms with van der Waals surface area (Å²) in [7, 11) is 0. The van der Waals surface area contributed by atoms with Gasteiger partial charge in [-0.05, 0) is 12.1 Å². The summed E-state index contributed by atoms with van der Waals surface area (Å²) < 4.78 is 38.8. The number of carboxylic acids is 1. The number of amides is 1. The van der Waals surface area contributed by atoms with E-state index in [1.54, 1.807) is 0 Å². The molecular formula is C12H11F3N2O3. The van der Waals surface area contributed by atoms with Gasteiger partial charge in [0, 0.05) is 13.0 Å². The summed E-state index contributed by atoms with van der Waals surface area (Å²) in [5, 5.41) is 10.6. The van der Waals surface area contributed by atoms with Gasteiger partial charge in [-0.3, -0.25) is 14.6 Å². The number of para-hydroxylation sites is 1. The number of halogens is 3. The average Bonchev–Trinajstić information content (AvgIpc) is 2.69. The highest BCUT2D eigenvalue weighted by Crippen LogP contribution is 2.37. The Kier molecular flexibility index (Phi) is 3.56. The van der Waals surface area contributed by atoms with Gasteiger partial charge in [0.1, 0.15) is 6.54 Å². The Balaban J connectivity index is 2.40. The van der Waals surface area contributed by atoms with Crippen LogP contribution in [0.2, 0.25) is 0 Å². The Hall–Kier alpha value is -2.25. The lowest BCUT2D eigenvalue weighted by atomic mass is 10.1. The number of carbonyl (C=O) groups is 2. The van der Waals surface area contributed by atoms with Crippen molar-refractivity contribution in [1.29, 1.82) is 0 Å². The predicted octanol–water partition coefficient (Wildman–Crippen LogP) is 1.74. The molecule has 0 atom stereocenters. The monoisotopic (exact) mass is 288 g/mol. The highest BCUT2D eigenvalue weighted by Gasteiger charge is 2.38. The van der Waals surface area contributed by atoms with Crippen molar-refractivity contribution in [2.75, 3.05) is 18.1 Å². The first-order chi connectivity index (χ1) is 9.30. The smallest absolute Gasteiger partial charge is 0.418 e. The first-order valence-corrected chi connectivity index (χ1v) is 5.76. The van der Waals surface area contributed by atoms with Crippen LogP contribution in [0.5, 0.6) is 0 Å². The number of anilines is 1. The van der Waals surface area contributed by atoms with Crippen LogP contribution in [0.3, 0.4) is 0 Å². The van der Waals surface area contributed by atoms with E-state index < -0.39 is 30.2 Å². The highest BCUT2D eigenvalue weighted by molar-refractivity contribution is 5.86. The van der Waals surface area contributed by atoms with Gasteiger partial charge in [-0.25, -0.2) is 5.01 Å². The van der Waals surface area contributed by atoms with E-state index in [0.717, 1.165) is 16.1 Å². The number of carbonyl (C=O) groups excluding carboxylic acids is 1. The molecule has 8 heteroatoms. The maximum absolute atomic E-state index is 12.9. The lowest BCUT2D eigenvalue weighted by Crippen LogP contribution is -2.43. The lowest BCUT2D eigenvalue weighted by Gasteiger charge is -2.30. The molecule has 0 spiro atoms. The molecule has 108 valence electrons. The van der Waals surface area contributed by atoms with Crippen LogP contribution in [0.25, 0.3) is 0 Å². The largest absolute Gasteiger partial charge is 0.480 e. The molecular weight excluding hydrogens is 277 g/mol. The van der Waals surface area contributed by atoms with Crippen LogP contribution >= 0.6 is 0 Å². The predicted molar refractivity (Wildman–Crippen MR) is 62.8 cm³/mol. The molecule has 1 heterocycles. The molecule has 1 fully saturated rings. The van der Waals surface area contributed by atoms with Crippen molar-refractivity contribution < 1.29 is 27.9 Å². The molecule has 0 unspecified atom stereocenters. The fraction of sp³-hybridized carbons (Fsp3) is 0.333. The van der Waals surface area contributed by atoms with E-state index in [0.29, 0.717) is 0 Å². The third-order valence-corrected chi connectivity index (χ3v) is 2.89. The third-order valence-electron chi connectivity index (χ3n) is 2.89. The number of benzene rings is 1. The van der Waals surface area contributed by atoms with Gasteiger partial charge in [0.2, 0.25) is 5.91 Å². The Morgan fingerprint density at radius 1 is 1.30 bits per heavy atom. The van der Waals surface area contributed by atoms with E-state index in [1.807, 2.05) is 0 Å². The van der Waals surface area contributed by atoms with Crippen LogP contribution in [0.4, 0.5) is 18.9 Å². The van der Waals surface area contributed by atoms with E-state index in [1.165, 1.54) is 18.2 Å². The van der Waals surface area contributed by atoms with Crippen LogP contribution in [-0.2, 0) is 15.8 Å². The zero-order valence-electron chi connectivity index (χ0n) is 10.2. The number of rotatable bonds is 3. The van der Waals surface area contributed by atoms with Crippen molar-refractivity contribution >= 4 is 17.6 Å². The summed E-state index contributed by atoms with van der Waals surface area (Å²) in [5.74, 6) is -1.79. The van der Waals surface area contributed by atoms with Gasteiger partial charge in [0.25, 0.3) is 0 Å². The standard InChI is InChI=1S/C12H11F3N2O3/c13-12(14,15)8-3-1-2-4-9(8)16-6-5-10(18)17(16)7-11(19)20/h1-4H,5-7H2,(H,19,20). The van der Waals surface area contributed by atoms with Crippen molar-refractivity contribution in [3.05, 3.63) is 29.8 Å². The molecule has 20 heavy (non-hydrogen) atoms. The summed E-state index contributed by atoms with van der Waals surface area (Å²) >= 11 is 0. The first kappa shape index (κ1) is 14.2. The molecule has 0 radical (unpaired) electrons. The molecule has 5 nitrogen and oxygen atoms in total. The molecule has 1 aromatic rings. The van der Waals surface area contributed by atoms with Crippen LogP contribution in [-0.4, -0.2) is 35.1 Å². The number of hydrazine groups is 1. The molecule has 1 amide bonds. The number of hydrogen-bond acceptors (Lipinski definition) is 3. The normalized spacial score (nSPS) is 15.8. The Labute approximate surface area is 112 Å². The fourth-order valence-corrected chi connectivity index (χ4v) is 2.08. The summed E-state index contributed by atoms with van der Waals surface area (Å²) in [6, 6.07) is 4.77. The van der Waals surface area contributed by atoms with E-state index in [9.17, 15) is 22.8 Å². The average molecular weight is 288 g/mol. The van der Waals surface area contributed by atoms with E-state index in [-0.39, 0.29) is 18.7 Å². The maximum atomic E-state index is 12.9. The molecule has 2 rings (SSSR count). The Bertz CT molecular complexity index is 545. The van der Waals surface area contributed by atoms with Crippen LogP contribution in [0.15, 0.2) is 24.3 Å². The molecule has 0 saturated carbocycles. The van der Waals surface area contributed by atoms with Gasteiger partial charge >= 0.3 is 12.1 Å². The SMILES string of the molecule is O=C(O)CN1C(=O)CCN1c1ccccc1C(F)(F)F. The van der Waals surface area contributed by atoms with Crippen molar-refractivity contribution in [3.8, 4) is 0 Å². The second-order valence-electron chi connectivity index (χ2n) is 4.23. The lowest BCUT2D eigenvalue weighted by molar-refractivity contribution is -0.143. The summed E-state index contributed by atoms with van der Waals surface area (Å²) in [5.41, 5.74) is -1.11. The van der Waals surface area contributed by atoms with E-state index in [4.69, 9.17) is 5.11 Å². The minimum atomic E-state index is -4.57. The van der Waals surface area contributed by atoms with Crippen molar-refractivity contribution in [1.82, 2.24) is 5.01 Å². The second kappa shape index (κ2) is 5.03. The molecule has 1 aliphatic rings. The second-order valence-corrected chi connectivity index (χ2v) is 4.23. The van der Waals surface area contributed by atoms with Gasteiger partial charge in [0.05, 0.1) is 11.3 Å². The molecule has 1 aliphatic heterocycles. The summed E-state index contributed by atoms with van der Waals surface area (Å²) in [4.78, 5) is 22.3. The van der Waals surface area contributed by atoms with Crippen LogP contribution in [0.1, 0.15) is 12.0 Å². The summed E-state index contributed by atoms with van der Waals surface area (Å²) in [6.07, 6.45) is -4.59. The first-order valence-electron chi connectivity index (χ1n) is 5.76. The van der Waals surface area contributed by atoms with Crippen molar-refractivity contribution in [2.24, 2.45) is 0 Å². The Morgan fingerprint density at radius 3 is 2.55 bits per heavy atom. The highest BCUT2D eigenvalue weighted by atomic mass is 19.4. The van der Waals surface area contributed by atoms with Crippen LogP contribution < -0.4 is 5.01 Å². The number of alkyl halides is 3. The molecule has 0 aromatic heterocycles. The maximum Gasteiger partial charge on any atom is 0.418 e. The number of aliphatic carboxylic acids is 1. The zero-order chi connectivity index (χ0) is 14.9. The van der Waals surface area contributed by atoms with Gasteiger partial charge in [0.15, 0.2) is 0 Å². The van der Waals surface area contributed by atoms with E-state index in [2.05, 4.69) is 0 Å². The molecule has 0 aliphatic carbocycles. The van der Waals surface area contributed by atoms with E-state index >= 15 is 0 Å². The minimum Gasteiger partial charge on any atom is -0.480 e. The van der Waals surface area contributed by atoms with Crippen molar-refractivity contribution in [3.63, 3.8) is 0 Å². The van der Waals surface area contributed by atoms with Crippen molar-refractivity contribution in [2.45, 2.75) is 12.6 Å². The minimum absolute atomic E-state index is 0.0144. The van der Waals surface area contributed by atoms with Crippen LogP contribution in [0, 0.1) is 0 Å². The number of carboxylic acid groups (broad SMARTS) is 1. The molecule has 1 saturated heterocycles. The molecule has 0 bridgehead atoms. The molecule has 1 N–H and O–H groups in total. The number of hydrogen-bond donors (Lipinski definition) is 1. The van der Waals surface area contributed by atoms with Gasteiger partial charge < -0.3 is 5.11 Å². The third kappa shape index (κ3) is 2.68. The Morgan fingerprint density at radius 2 is 1.95 bits per heavy atom. The quantitative estimate of drug-likeness (QED) is 0.920. The topological polar surface area (TPSA) is 60.9 Å². The molecule has 1 aromatic carbocycles.